The van der Waals surface area contributed by atoms with E-state index in [1.54, 1.807) is 17.8 Å². The van der Waals surface area contributed by atoms with Gasteiger partial charge in [0.15, 0.2) is 5.15 Å². The molecule has 84 valence electrons. The van der Waals surface area contributed by atoms with Crippen molar-refractivity contribution in [2.24, 2.45) is 0 Å². The number of hydrogen-bond acceptors (Lipinski definition) is 4. The van der Waals surface area contributed by atoms with Crippen molar-refractivity contribution >= 4 is 37.8 Å². The molecule has 0 unspecified atom stereocenters. The molecule has 15 heavy (non-hydrogen) atoms. The first kappa shape index (κ1) is 12.8. The predicted molar refractivity (Wildman–Crippen MR) is 70.5 cm³/mol. The largest absolute Gasteiger partial charge is 0.396 e. The molecular formula is C9H16ClN3SSi. The van der Waals surface area contributed by atoms with Gasteiger partial charge in [0.25, 0.3) is 0 Å². The van der Waals surface area contributed by atoms with Gasteiger partial charge in [0, 0.05) is 14.9 Å². The lowest BCUT2D eigenvalue weighted by Crippen LogP contribution is -2.00. The van der Waals surface area contributed by atoms with Crippen molar-refractivity contribution in [3.05, 3.63) is 11.2 Å². The maximum atomic E-state index is 5.76. The molecular weight excluding hydrogens is 246 g/mol. The molecule has 1 heterocycles. The Morgan fingerprint density at radius 1 is 1.47 bits per heavy atom. The van der Waals surface area contributed by atoms with Gasteiger partial charge in [-0.25, -0.2) is 0 Å². The highest BCUT2D eigenvalue weighted by Gasteiger charge is 2.04. The van der Waals surface area contributed by atoms with Crippen LogP contribution in [0.3, 0.4) is 0 Å². The summed E-state index contributed by atoms with van der Waals surface area (Å²) in [6, 6.07) is 3.02. The van der Waals surface area contributed by atoms with E-state index in [0.717, 1.165) is 10.8 Å². The van der Waals surface area contributed by atoms with E-state index in [4.69, 9.17) is 17.3 Å². The number of halogens is 1. The van der Waals surface area contributed by atoms with Crippen LogP contribution in [0.4, 0.5) is 5.69 Å². The number of thioether (sulfide) groups is 1. The second kappa shape index (κ2) is 6.35. The van der Waals surface area contributed by atoms with E-state index >= 15 is 0 Å². The van der Waals surface area contributed by atoms with Gasteiger partial charge in [0.05, 0.1) is 5.69 Å². The predicted octanol–water partition coefficient (Wildman–Crippen LogP) is 2.68. The second-order valence-corrected chi connectivity index (χ2v) is 8.65. The highest BCUT2D eigenvalue weighted by Crippen LogP contribution is 2.24. The number of rotatable bonds is 5. The van der Waals surface area contributed by atoms with E-state index in [1.807, 2.05) is 0 Å². The molecule has 0 aromatic carbocycles. The first-order valence-electron chi connectivity index (χ1n) is 5.01. The molecule has 0 bridgehead atoms. The Labute approximate surface area is 101 Å². The fourth-order valence-electron chi connectivity index (χ4n) is 1.14. The molecule has 0 aliphatic rings. The number of nitrogens with two attached hydrogens (primary N) is 1. The average Bonchev–Trinajstić information content (AvgIpc) is 2.14. The van der Waals surface area contributed by atoms with Gasteiger partial charge in [0.1, 0.15) is 5.03 Å². The van der Waals surface area contributed by atoms with Crippen LogP contribution in [0.2, 0.25) is 24.3 Å². The van der Waals surface area contributed by atoms with Gasteiger partial charge in [-0.3, -0.25) is 0 Å². The minimum absolute atomic E-state index is 0.353. The molecule has 2 N–H and O–H groups in total. The minimum atomic E-state index is -0.418. The molecule has 1 aromatic heterocycles. The number of hydrogen-bond donors (Lipinski definition) is 1. The van der Waals surface area contributed by atoms with E-state index in [1.165, 1.54) is 12.5 Å². The Bertz CT molecular complexity index is 322. The van der Waals surface area contributed by atoms with Gasteiger partial charge in [-0.05, 0) is 12.2 Å². The van der Waals surface area contributed by atoms with Crippen molar-refractivity contribution in [3.8, 4) is 0 Å². The summed E-state index contributed by atoms with van der Waals surface area (Å²) < 4.78 is 0. The van der Waals surface area contributed by atoms with Crippen molar-refractivity contribution in [2.75, 3.05) is 11.5 Å². The normalized spacial score (nSPS) is 10.9. The van der Waals surface area contributed by atoms with E-state index < -0.39 is 8.80 Å². The van der Waals surface area contributed by atoms with Crippen LogP contribution in [0.1, 0.15) is 6.42 Å². The third-order valence-electron chi connectivity index (χ3n) is 1.92. The molecule has 0 aliphatic carbocycles. The maximum absolute atomic E-state index is 5.76. The zero-order chi connectivity index (χ0) is 11.3. The third kappa shape index (κ3) is 4.86. The van der Waals surface area contributed by atoms with E-state index in [0.29, 0.717) is 10.8 Å². The number of aromatic nitrogens is 2. The summed E-state index contributed by atoms with van der Waals surface area (Å²) in [4.78, 5) is 0. The zero-order valence-electron chi connectivity index (χ0n) is 9.03. The highest BCUT2D eigenvalue weighted by molar-refractivity contribution is 7.99. The molecule has 3 nitrogen and oxygen atoms in total. The quantitative estimate of drug-likeness (QED) is 0.503. The lowest BCUT2D eigenvalue weighted by atomic mass is 10.5. The molecule has 0 amide bonds. The molecule has 0 fully saturated rings. The fraction of sp³-hybridized carbons (Fsp3) is 0.556. The number of nitrogen functional groups attached to an aromatic ring is 1. The number of anilines is 1. The van der Waals surface area contributed by atoms with E-state index in [9.17, 15) is 0 Å². The van der Waals surface area contributed by atoms with Crippen molar-refractivity contribution in [2.45, 2.75) is 30.6 Å². The molecule has 6 heteroatoms. The van der Waals surface area contributed by atoms with Crippen LogP contribution in [-0.2, 0) is 0 Å². The standard InChI is InChI=1S/C9H16ClN3SSi/c1-15(2)5-3-4-14-9-7(11)6-8(10)12-13-9/h6,15H,3-5H2,1-2H3,(H2,11,12). The highest BCUT2D eigenvalue weighted by atomic mass is 35.5. The Morgan fingerprint density at radius 2 is 2.20 bits per heavy atom. The monoisotopic (exact) mass is 261 g/mol. The summed E-state index contributed by atoms with van der Waals surface area (Å²) in [5, 5.41) is 8.89. The summed E-state index contributed by atoms with van der Waals surface area (Å²) in [6.07, 6.45) is 1.23. The SMILES string of the molecule is C[SiH](C)CCCSc1nnc(Cl)cc1N. The summed E-state index contributed by atoms with van der Waals surface area (Å²) in [5.74, 6) is 1.06. The second-order valence-electron chi connectivity index (χ2n) is 3.81. The van der Waals surface area contributed by atoms with Crippen LogP contribution in [-0.4, -0.2) is 24.7 Å². The molecule has 0 saturated carbocycles. The van der Waals surface area contributed by atoms with Crippen molar-refractivity contribution in [3.63, 3.8) is 0 Å². The lowest BCUT2D eigenvalue weighted by molar-refractivity contribution is 0.933. The molecule has 0 atom stereocenters. The Hall–Kier alpha value is -0.263. The zero-order valence-corrected chi connectivity index (χ0v) is 11.8. The smallest absolute Gasteiger partial charge is 0.153 e. The molecule has 0 spiro atoms. The van der Waals surface area contributed by atoms with Gasteiger partial charge in [-0.2, -0.15) is 0 Å². The molecule has 0 saturated heterocycles. The molecule has 1 aromatic rings. The minimum Gasteiger partial charge on any atom is -0.396 e. The molecule has 1 rings (SSSR count). The summed E-state index contributed by atoms with van der Waals surface area (Å²) in [6.45, 7) is 4.72. The van der Waals surface area contributed by atoms with Crippen LogP contribution in [0, 0.1) is 0 Å². The average molecular weight is 262 g/mol. The van der Waals surface area contributed by atoms with Gasteiger partial charge in [0.2, 0.25) is 0 Å². The van der Waals surface area contributed by atoms with Crippen LogP contribution >= 0.6 is 23.4 Å². The van der Waals surface area contributed by atoms with Gasteiger partial charge >= 0.3 is 0 Å². The molecule has 0 radical (unpaired) electrons. The maximum Gasteiger partial charge on any atom is 0.153 e. The summed E-state index contributed by atoms with van der Waals surface area (Å²) in [5.41, 5.74) is 6.39. The Kier molecular flexibility index (Phi) is 5.42. The van der Waals surface area contributed by atoms with Gasteiger partial charge in [-0.1, -0.05) is 30.7 Å². The summed E-state index contributed by atoms with van der Waals surface area (Å²) >= 11 is 7.33. The van der Waals surface area contributed by atoms with Crippen molar-refractivity contribution in [1.82, 2.24) is 10.2 Å². The number of nitrogens with zero attached hydrogens (tertiary/aromatic N) is 2. The van der Waals surface area contributed by atoms with Crippen molar-refractivity contribution in [1.29, 1.82) is 0 Å². The topological polar surface area (TPSA) is 51.8 Å². The lowest BCUT2D eigenvalue weighted by Gasteiger charge is -2.04. The summed E-state index contributed by atoms with van der Waals surface area (Å²) in [7, 11) is -0.418. The first-order chi connectivity index (χ1) is 7.09. The van der Waals surface area contributed by atoms with Gasteiger partial charge < -0.3 is 5.73 Å². The van der Waals surface area contributed by atoms with Crippen LogP contribution in [0.25, 0.3) is 0 Å². The van der Waals surface area contributed by atoms with Crippen molar-refractivity contribution < 1.29 is 0 Å². The Balaban J connectivity index is 2.37. The van der Waals surface area contributed by atoms with E-state index in [2.05, 4.69) is 23.3 Å². The van der Waals surface area contributed by atoms with Crippen LogP contribution in [0.15, 0.2) is 11.1 Å². The van der Waals surface area contributed by atoms with Crippen LogP contribution in [0.5, 0.6) is 0 Å². The van der Waals surface area contributed by atoms with Gasteiger partial charge in [-0.15, -0.1) is 22.0 Å². The van der Waals surface area contributed by atoms with Crippen LogP contribution < -0.4 is 5.73 Å². The third-order valence-corrected chi connectivity index (χ3v) is 4.75. The molecule has 0 aliphatic heterocycles. The van der Waals surface area contributed by atoms with E-state index in [-0.39, 0.29) is 0 Å². The first-order valence-corrected chi connectivity index (χ1v) is 9.50. The fourth-order valence-corrected chi connectivity index (χ4v) is 3.44. The Morgan fingerprint density at radius 3 is 2.80 bits per heavy atom.